The number of carbonyl (C=O) groups is 1. The first kappa shape index (κ1) is 11.2. The van der Waals surface area contributed by atoms with Crippen LogP contribution >= 0.6 is 0 Å². The number of hydrogen-bond donors (Lipinski definition) is 0. The first-order valence-electron chi connectivity index (χ1n) is 5.48. The van der Waals surface area contributed by atoms with E-state index >= 15 is 0 Å². The van der Waals surface area contributed by atoms with E-state index in [1.54, 1.807) is 0 Å². The van der Waals surface area contributed by atoms with Gasteiger partial charge in [-0.25, -0.2) is 0 Å². The van der Waals surface area contributed by atoms with Crippen molar-refractivity contribution in [2.45, 2.75) is 6.42 Å². The fourth-order valence-corrected chi connectivity index (χ4v) is 1.47. The minimum absolute atomic E-state index is 0.0639. The third kappa shape index (κ3) is 3.32. The highest BCUT2D eigenvalue weighted by atomic mass is 16.1. The molecule has 0 aliphatic heterocycles. The minimum atomic E-state index is 0.0639. The van der Waals surface area contributed by atoms with Gasteiger partial charge in [-0.1, -0.05) is 60.4 Å². The molecule has 0 amide bonds. The van der Waals surface area contributed by atoms with Gasteiger partial charge in [0.1, 0.15) is 0 Å². The lowest BCUT2D eigenvalue weighted by atomic mass is 10.1. The lowest BCUT2D eigenvalue weighted by molar-refractivity contribution is 0.0998. The van der Waals surface area contributed by atoms with Crippen molar-refractivity contribution in [1.29, 1.82) is 0 Å². The van der Waals surface area contributed by atoms with E-state index in [1.165, 1.54) is 0 Å². The van der Waals surface area contributed by atoms with Crippen LogP contribution in [-0.4, -0.2) is 5.78 Å². The van der Waals surface area contributed by atoms with Gasteiger partial charge in [0, 0.05) is 11.1 Å². The standard InChI is InChI=1S/C16H12O/c17-16(15-11-5-2-6-12-15)13-7-10-14-8-3-1-4-9-14/h1-6,8-9,11-12H,13H2. The van der Waals surface area contributed by atoms with Gasteiger partial charge in [-0.2, -0.15) is 0 Å². The van der Waals surface area contributed by atoms with Crippen molar-refractivity contribution in [2.24, 2.45) is 0 Å². The van der Waals surface area contributed by atoms with E-state index < -0.39 is 0 Å². The maximum atomic E-state index is 11.7. The predicted molar refractivity (Wildman–Crippen MR) is 68.7 cm³/mol. The largest absolute Gasteiger partial charge is 0.293 e. The van der Waals surface area contributed by atoms with Gasteiger partial charge in [-0.15, -0.1) is 0 Å². The summed E-state index contributed by atoms with van der Waals surface area (Å²) >= 11 is 0. The number of rotatable bonds is 2. The van der Waals surface area contributed by atoms with Crippen molar-refractivity contribution in [3.8, 4) is 11.8 Å². The summed E-state index contributed by atoms with van der Waals surface area (Å²) in [5.41, 5.74) is 1.66. The summed E-state index contributed by atoms with van der Waals surface area (Å²) < 4.78 is 0. The summed E-state index contributed by atoms with van der Waals surface area (Å²) in [5, 5.41) is 0. The van der Waals surface area contributed by atoms with Crippen LogP contribution in [0.25, 0.3) is 0 Å². The Morgan fingerprint density at radius 2 is 1.47 bits per heavy atom. The van der Waals surface area contributed by atoms with Crippen LogP contribution < -0.4 is 0 Å². The van der Waals surface area contributed by atoms with Gasteiger partial charge in [-0.3, -0.25) is 4.79 Å². The molecule has 17 heavy (non-hydrogen) atoms. The van der Waals surface area contributed by atoms with E-state index in [4.69, 9.17) is 0 Å². The average Bonchev–Trinajstić information content (AvgIpc) is 2.41. The van der Waals surface area contributed by atoms with E-state index in [0.29, 0.717) is 0 Å². The van der Waals surface area contributed by atoms with Crippen LogP contribution in [0.3, 0.4) is 0 Å². The van der Waals surface area contributed by atoms with Crippen molar-refractivity contribution < 1.29 is 4.79 Å². The molecule has 0 saturated heterocycles. The van der Waals surface area contributed by atoms with Gasteiger partial charge in [0.2, 0.25) is 0 Å². The molecule has 0 atom stereocenters. The van der Waals surface area contributed by atoms with Gasteiger partial charge in [0.15, 0.2) is 5.78 Å². The molecule has 0 bridgehead atoms. The molecule has 1 nitrogen and oxygen atoms in total. The molecule has 0 spiro atoms. The molecule has 0 saturated carbocycles. The van der Waals surface area contributed by atoms with Crippen LogP contribution in [0.1, 0.15) is 22.3 Å². The van der Waals surface area contributed by atoms with Crippen LogP contribution in [0.15, 0.2) is 60.7 Å². The molecule has 0 aliphatic rings. The van der Waals surface area contributed by atoms with E-state index in [1.807, 2.05) is 60.7 Å². The highest BCUT2D eigenvalue weighted by molar-refractivity contribution is 5.97. The third-order valence-corrected chi connectivity index (χ3v) is 2.35. The van der Waals surface area contributed by atoms with Crippen LogP contribution in [0, 0.1) is 11.8 Å². The Balaban J connectivity index is 2.00. The Labute approximate surface area is 101 Å². The number of benzene rings is 2. The molecule has 2 aromatic rings. The van der Waals surface area contributed by atoms with Crippen LogP contribution in [0.5, 0.6) is 0 Å². The summed E-state index contributed by atoms with van der Waals surface area (Å²) in [6.45, 7) is 0. The molecule has 0 fully saturated rings. The van der Waals surface area contributed by atoms with Crippen molar-refractivity contribution in [1.82, 2.24) is 0 Å². The lowest BCUT2D eigenvalue weighted by Crippen LogP contribution is -1.96. The second-order valence-corrected chi connectivity index (χ2v) is 3.63. The van der Waals surface area contributed by atoms with Crippen molar-refractivity contribution in [2.75, 3.05) is 0 Å². The van der Waals surface area contributed by atoms with Crippen LogP contribution in [0.4, 0.5) is 0 Å². The smallest absolute Gasteiger partial charge is 0.174 e. The first-order chi connectivity index (χ1) is 8.36. The Morgan fingerprint density at radius 3 is 2.12 bits per heavy atom. The summed E-state index contributed by atoms with van der Waals surface area (Å²) in [6, 6.07) is 18.9. The zero-order valence-corrected chi connectivity index (χ0v) is 9.39. The summed E-state index contributed by atoms with van der Waals surface area (Å²) in [7, 11) is 0. The van der Waals surface area contributed by atoms with E-state index in [0.717, 1.165) is 11.1 Å². The van der Waals surface area contributed by atoms with Gasteiger partial charge in [-0.05, 0) is 12.1 Å². The number of carbonyl (C=O) groups excluding carboxylic acids is 1. The van der Waals surface area contributed by atoms with Crippen LogP contribution in [0.2, 0.25) is 0 Å². The molecule has 82 valence electrons. The molecular weight excluding hydrogens is 208 g/mol. The van der Waals surface area contributed by atoms with E-state index in [9.17, 15) is 4.79 Å². The highest BCUT2D eigenvalue weighted by Crippen LogP contribution is 2.02. The molecule has 0 radical (unpaired) electrons. The molecule has 0 unspecified atom stereocenters. The Bertz CT molecular complexity index is 544. The number of hydrogen-bond acceptors (Lipinski definition) is 1. The predicted octanol–water partition coefficient (Wildman–Crippen LogP) is 3.31. The van der Waals surface area contributed by atoms with Gasteiger partial charge >= 0.3 is 0 Å². The quantitative estimate of drug-likeness (QED) is 0.560. The number of Topliss-reactive ketones (excluding diaryl/α,β-unsaturated/α-hetero) is 1. The SMILES string of the molecule is O=C(CC#Cc1ccccc1)c1ccccc1. The summed E-state index contributed by atoms with van der Waals surface area (Å²) in [6.07, 6.45) is 0.263. The molecule has 2 aromatic carbocycles. The normalized spacial score (nSPS) is 9.18. The molecule has 0 aromatic heterocycles. The van der Waals surface area contributed by atoms with Crippen LogP contribution in [-0.2, 0) is 0 Å². The summed E-state index contributed by atoms with van der Waals surface area (Å²) in [4.78, 5) is 11.7. The summed E-state index contributed by atoms with van der Waals surface area (Å²) in [5.74, 6) is 5.94. The van der Waals surface area contributed by atoms with Crippen molar-refractivity contribution in [3.05, 3.63) is 71.8 Å². The highest BCUT2D eigenvalue weighted by Gasteiger charge is 2.01. The van der Waals surface area contributed by atoms with Crippen molar-refractivity contribution >= 4 is 5.78 Å². The zero-order valence-electron chi connectivity index (χ0n) is 9.39. The molecule has 1 heteroatoms. The third-order valence-electron chi connectivity index (χ3n) is 2.35. The topological polar surface area (TPSA) is 17.1 Å². The molecule has 0 N–H and O–H groups in total. The Morgan fingerprint density at radius 1 is 0.882 bits per heavy atom. The number of ketones is 1. The fourth-order valence-electron chi connectivity index (χ4n) is 1.47. The first-order valence-corrected chi connectivity index (χ1v) is 5.48. The van der Waals surface area contributed by atoms with E-state index in [2.05, 4.69) is 11.8 Å². The minimum Gasteiger partial charge on any atom is -0.293 e. The molecule has 2 rings (SSSR count). The average molecular weight is 220 g/mol. The second-order valence-electron chi connectivity index (χ2n) is 3.63. The lowest BCUT2D eigenvalue weighted by Gasteiger charge is -1.94. The Kier molecular flexibility index (Phi) is 3.72. The Hall–Kier alpha value is -2.33. The van der Waals surface area contributed by atoms with Gasteiger partial charge < -0.3 is 0 Å². The second kappa shape index (κ2) is 5.67. The molecule has 0 aliphatic carbocycles. The maximum absolute atomic E-state index is 11.7. The molecule has 0 heterocycles. The molecular formula is C16H12O. The monoisotopic (exact) mass is 220 g/mol. The van der Waals surface area contributed by atoms with E-state index in [-0.39, 0.29) is 12.2 Å². The van der Waals surface area contributed by atoms with Gasteiger partial charge in [0.05, 0.1) is 6.42 Å². The maximum Gasteiger partial charge on any atom is 0.174 e. The van der Waals surface area contributed by atoms with Gasteiger partial charge in [0.25, 0.3) is 0 Å². The van der Waals surface area contributed by atoms with Crippen molar-refractivity contribution in [3.63, 3.8) is 0 Å². The zero-order chi connectivity index (χ0) is 11.9. The fraction of sp³-hybridized carbons (Fsp3) is 0.0625.